The van der Waals surface area contributed by atoms with Crippen molar-refractivity contribution in [2.45, 2.75) is 0 Å². The van der Waals surface area contributed by atoms with Gasteiger partial charge in [0.1, 0.15) is 0 Å². The summed E-state index contributed by atoms with van der Waals surface area (Å²) in [5.74, 6) is 0.479. The van der Waals surface area contributed by atoms with Crippen molar-refractivity contribution in [1.82, 2.24) is 5.06 Å². The van der Waals surface area contributed by atoms with Gasteiger partial charge < -0.3 is 5.21 Å². The molecule has 0 spiro atoms. The molecule has 2 nitrogen and oxygen atoms in total. The molecule has 0 aromatic heterocycles. The lowest BCUT2D eigenvalue weighted by atomic mass is 10.8. The van der Waals surface area contributed by atoms with Gasteiger partial charge in [-0.25, -0.2) is 0 Å². The summed E-state index contributed by atoms with van der Waals surface area (Å²) in [5.41, 5.74) is 0. The Labute approximate surface area is 42.3 Å². The molecule has 0 aromatic rings. The van der Waals surface area contributed by atoms with Gasteiger partial charge >= 0.3 is 0 Å². The van der Waals surface area contributed by atoms with Gasteiger partial charge in [-0.05, 0) is 0 Å². The predicted molar refractivity (Wildman–Crippen MR) is 25.1 cm³/mol. The Balaban J connectivity index is 2.63. The Morgan fingerprint density at radius 1 is 1.83 bits per heavy atom. The van der Waals surface area contributed by atoms with Gasteiger partial charge in [-0.2, -0.15) is 5.06 Å². The van der Waals surface area contributed by atoms with E-state index in [0.29, 0.717) is 12.4 Å². The zero-order chi connectivity index (χ0) is 4.99. The molecule has 0 aliphatic carbocycles. The highest BCUT2D eigenvalue weighted by Crippen LogP contribution is 1.75. The second-order valence-electron chi connectivity index (χ2n) is 1.07. The maximum atomic E-state index is 8.30. The van der Waals surface area contributed by atoms with Gasteiger partial charge in [0.15, 0.2) is 0 Å². The average Bonchev–Trinajstić information content (AvgIpc) is 1.35. The smallest absolute Gasteiger partial charge is 0.0374 e. The lowest BCUT2D eigenvalue weighted by Gasteiger charge is -2.00. The quantitative estimate of drug-likeness (QED) is 0.414. The Morgan fingerprint density at radius 3 is 2.33 bits per heavy atom. The Morgan fingerprint density at radius 2 is 2.33 bits per heavy atom. The number of halogens is 1. The second kappa shape index (κ2) is 3.40. The van der Waals surface area contributed by atoms with E-state index in [4.69, 9.17) is 16.8 Å². The minimum atomic E-state index is 0.479. The minimum Gasteiger partial charge on any atom is -0.314 e. The van der Waals surface area contributed by atoms with Crippen molar-refractivity contribution in [2.24, 2.45) is 0 Å². The lowest BCUT2D eigenvalue weighted by molar-refractivity contribution is -0.0588. The third-order valence-electron chi connectivity index (χ3n) is 0.408. The van der Waals surface area contributed by atoms with Crippen molar-refractivity contribution in [2.75, 3.05) is 19.5 Å². The summed E-state index contributed by atoms with van der Waals surface area (Å²) >= 11 is 5.19. The first-order valence-electron chi connectivity index (χ1n) is 1.73. The van der Waals surface area contributed by atoms with Crippen molar-refractivity contribution < 1.29 is 5.21 Å². The van der Waals surface area contributed by atoms with Gasteiger partial charge in [-0.15, -0.1) is 11.6 Å². The van der Waals surface area contributed by atoms with Crippen LogP contribution in [0.1, 0.15) is 0 Å². The molecule has 38 valence electrons. The molecular weight excluding hydrogens is 101 g/mol. The van der Waals surface area contributed by atoms with E-state index in [1.165, 1.54) is 0 Å². The fraction of sp³-hybridized carbons (Fsp3) is 1.00. The van der Waals surface area contributed by atoms with Crippen molar-refractivity contribution in [3.63, 3.8) is 0 Å². The zero-order valence-corrected chi connectivity index (χ0v) is 4.44. The molecular formula is C3H8ClNO. The SMILES string of the molecule is CN(O)CCCl. The fourth-order valence-corrected chi connectivity index (χ4v) is 0.367. The first-order chi connectivity index (χ1) is 2.77. The van der Waals surface area contributed by atoms with Crippen LogP contribution >= 0.6 is 11.6 Å². The Kier molecular flexibility index (Phi) is 3.52. The molecule has 0 saturated heterocycles. The molecule has 0 aliphatic heterocycles. The van der Waals surface area contributed by atoms with Gasteiger partial charge in [-0.1, -0.05) is 0 Å². The molecule has 0 aromatic carbocycles. The van der Waals surface area contributed by atoms with E-state index in [2.05, 4.69) is 0 Å². The van der Waals surface area contributed by atoms with Crippen LogP contribution in [0.25, 0.3) is 0 Å². The summed E-state index contributed by atoms with van der Waals surface area (Å²) in [6, 6.07) is 0. The topological polar surface area (TPSA) is 23.5 Å². The largest absolute Gasteiger partial charge is 0.314 e. The maximum absolute atomic E-state index is 8.30. The number of hydrogen-bond donors (Lipinski definition) is 1. The van der Waals surface area contributed by atoms with Crippen molar-refractivity contribution in [1.29, 1.82) is 0 Å². The van der Waals surface area contributed by atoms with Gasteiger partial charge in [0.2, 0.25) is 0 Å². The molecule has 0 atom stereocenters. The summed E-state index contributed by atoms with van der Waals surface area (Å²) in [6.07, 6.45) is 0. The molecule has 0 radical (unpaired) electrons. The first kappa shape index (κ1) is 6.21. The summed E-state index contributed by atoms with van der Waals surface area (Å²) in [6.45, 7) is 0.529. The third kappa shape index (κ3) is 4.21. The molecule has 6 heavy (non-hydrogen) atoms. The van der Waals surface area contributed by atoms with Gasteiger partial charge in [0.25, 0.3) is 0 Å². The second-order valence-corrected chi connectivity index (χ2v) is 1.45. The molecule has 0 saturated carbocycles. The molecule has 0 rings (SSSR count). The molecule has 0 fully saturated rings. The summed E-state index contributed by atoms with van der Waals surface area (Å²) in [5, 5.41) is 9.35. The monoisotopic (exact) mass is 109 g/mol. The van der Waals surface area contributed by atoms with E-state index in [1.54, 1.807) is 7.05 Å². The van der Waals surface area contributed by atoms with Crippen LogP contribution in [0.15, 0.2) is 0 Å². The van der Waals surface area contributed by atoms with Gasteiger partial charge in [0, 0.05) is 19.5 Å². The van der Waals surface area contributed by atoms with Crippen LogP contribution in [0.2, 0.25) is 0 Å². The number of nitrogens with zero attached hydrogens (tertiary/aromatic N) is 1. The van der Waals surface area contributed by atoms with Gasteiger partial charge in [0.05, 0.1) is 0 Å². The van der Waals surface area contributed by atoms with Crippen LogP contribution in [-0.4, -0.2) is 29.7 Å². The fourth-order valence-electron chi connectivity index (χ4n) is 0.122. The van der Waals surface area contributed by atoms with E-state index < -0.39 is 0 Å². The highest BCUT2D eigenvalue weighted by Gasteiger charge is 1.83. The van der Waals surface area contributed by atoms with Crippen molar-refractivity contribution >= 4 is 11.6 Å². The highest BCUT2D eigenvalue weighted by atomic mass is 35.5. The van der Waals surface area contributed by atoms with Gasteiger partial charge in [-0.3, -0.25) is 0 Å². The first-order valence-corrected chi connectivity index (χ1v) is 2.27. The van der Waals surface area contributed by atoms with Crippen molar-refractivity contribution in [3.8, 4) is 0 Å². The normalized spacial score (nSPS) is 10.0. The van der Waals surface area contributed by atoms with E-state index >= 15 is 0 Å². The molecule has 0 bridgehead atoms. The summed E-state index contributed by atoms with van der Waals surface area (Å²) in [7, 11) is 1.56. The molecule has 0 heterocycles. The number of hydroxylamine groups is 2. The zero-order valence-electron chi connectivity index (χ0n) is 3.69. The highest BCUT2D eigenvalue weighted by molar-refractivity contribution is 6.18. The van der Waals surface area contributed by atoms with Crippen LogP contribution in [-0.2, 0) is 0 Å². The summed E-state index contributed by atoms with van der Waals surface area (Å²) in [4.78, 5) is 0. The summed E-state index contributed by atoms with van der Waals surface area (Å²) < 4.78 is 0. The van der Waals surface area contributed by atoms with Crippen LogP contribution in [0.5, 0.6) is 0 Å². The van der Waals surface area contributed by atoms with E-state index in [-0.39, 0.29) is 0 Å². The molecule has 0 unspecified atom stereocenters. The maximum Gasteiger partial charge on any atom is 0.0374 e. The lowest BCUT2D eigenvalue weighted by Crippen LogP contribution is -2.14. The number of rotatable bonds is 2. The van der Waals surface area contributed by atoms with Crippen molar-refractivity contribution in [3.05, 3.63) is 0 Å². The number of alkyl halides is 1. The Bertz CT molecular complexity index is 32.0. The standard InChI is InChI=1S/C3H8ClNO/c1-5(6)3-2-4/h6H,2-3H2,1H3. The molecule has 3 heteroatoms. The third-order valence-corrected chi connectivity index (χ3v) is 0.577. The Hall–Kier alpha value is 0.210. The predicted octanol–water partition coefficient (Wildman–Crippen LogP) is 0.546. The number of hydrogen-bond acceptors (Lipinski definition) is 2. The van der Waals surface area contributed by atoms with Crippen LogP contribution in [0, 0.1) is 0 Å². The van der Waals surface area contributed by atoms with Crippen LogP contribution in [0.3, 0.4) is 0 Å². The molecule has 0 amide bonds. The molecule has 0 aliphatic rings. The van der Waals surface area contributed by atoms with Crippen LogP contribution in [0.4, 0.5) is 0 Å². The van der Waals surface area contributed by atoms with Crippen LogP contribution < -0.4 is 0 Å². The minimum absolute atomic E-state index is 0.479. The van der Waals surface area contributed by atoms with E-state index in [0.717, 1.165) is 5.06 Å². The average molecular weight is 110 g/mol. The van der Waals surface area contributed by atoms with E-state index in [1.807, 2.05) is 0 Å². The molecule has 1 N–H and O–H groups in total. The van der Waals surface area contributed by atoms with E-state index in [9.17, 15) is 0 Å².